The molecule has 0 aliphatic rings. The SMILES string of the molecule is CSc1cccc(CON)c1SC. The Balaban J connectivity index is 3.03. The van der Waals surface area contributed by atoms with E-state index in [0.29, 0.717) is 6.61 Å². The van der Waals surface area contributed by atoms with Crippen LogP contribution in [0.2, 0.25) is 0 Å². The second-order valence-electron chi connectivity index (χ2n) is 2.46. The Morgan fingerprint density at radius 2 is 2.08 bits per heavy atom. The molecule has 1 rings (SSSR count). The van der Waals surface area contributed by atoms with Crippen molar-refractivity contribution in [2.75, 3.05) is 12.5 Å². The summed E-state index contributed by atoms with van der Waals surface area (Å²) in [5.74, 6) is 5.06. The van der Waals surface area contributed by atoms with E-state index in [1.165, 1.54) is 9.79 Å². The number of thioether (sulfide) groups is 2. The summed E-state index contributed by atoms with van der Waals surface area (Å²) in [7, 11) is 0. The molecule has 2 N–H and O–H groups in total. The van der Waals surface area contributed by atoms with Gasteiger partial charge in [-0.1, -0.05) is 12.1 Å². The molecule has 0 aliphatic carbocycles. The fraction of sp³-hybridized carbons (Fsp3) is 0.333. The predicted octanol–water partition coefficient (Wildman–Crippen LogP) is 2.52. The lowest BCUT2D eigenvalue weighted by atomic mass is 10.2. The van der Waals surface area contributed by atoms with Crippen molar-refractivity contribution < 1.29 is 4.84 Å². The molecule has 0 aliphatic heterocycles. The first kappa shape index (κ1) is 10.9. The van der Waals surface area contributed by atoms with Gasteiger partial charge in [0.15, 0.2) is 0 Å². The van der Waals surface area contributed by atoms with Crippen molar-refractivity contribution in [2.45, 2.75) is 16.4 Å². The van der Waals surface area contributed by atoms with Crippen LogP contribution < -0.4 is 5.90 Å². The third-order valence-electron chi connectivity index (χ3n) is 1.72. The van der Waals surface area contributed by atoms with Crippen LogP contribution in [-0.2, 0) is 11.4 Å². The van der Waals surface area contributed by atoms with E-state index in [2.05, 4.69) is 23.4 Å². The lowest BCUT2D eigenvalue weighted by Crippen LogP contribution is -2.00. The predicted molar refractivity (Wildman–Crippen MR) is 59.0 cm³/mol. The molecule has 0 atom stereocenters. The van der Waals surface area contributed by atoms with Gasteiger partial charge in [-0.3, -0.25) is 4.84 Å². The summed E-state index contributed by atoms with van der Waals surface area (Å²) < 4.78 is 0. The molecule has 0 unspecified atom stereocenters. The monoisotopic (exact) mass is 215 g/mol. The van der Waals surface area contributed by atoms with Gasteiger partial charge in [0, 0.05) is 9.79 Å². The van der Waals surface area contributed by atoms with Crippen LogP contribution in [0, 0.1) is 0 Å². The number of hydrogen-bond acceptors (Lipinski definition) is 4. The van der Waals surface area contributed by atoms with Gasteiger partial charge < -0.3 is 0 Å². The highest BCUT2D eigenvalue weighted by molar-refractivity contribution is 8.01. The van der Waals surface area contributed by atoms with E-state index in [4.69, 9.17) is 5.90 Å². The third kappa shape index (κ3) is 2.64. The van der Waals surface area contributed by atoms with Crippen molar-refractivity contribution in [1.82, 2.24) is 0 Å². The molecule has 0 fully saturated rings. The van der Waals surface area contributed by atoms with E-state index >= 15 is 0 Å². The summed E-state index contributed by atoms with van der Waals surface area (Å²) >= 11 is 3.47. The number of hydrogen-bond donors (Lipinski definition) is 1. The zero-order chi connectivity index (χ0) is 9.68. The van der Waals surface area contributed by atoms with E-state index in [-0.39, 0.29) is 0 Å². The van der Waals surface area contributed by atoms with E-state index in [9.17, 15) is 0 Å². The Kier molecular flexibility index (Phi) is 4.66. The molecule has 0 bridgehead atoms. The standard InChI is InChI=1S/C9H13NOS2/c1-12-8-5-3-4-7(6-11-10)9(8)13-2/h3-5H,6,10H2,1-2H3. The van der Waals surface area contributed by atoms with Gasteiger partial charge in [-0.15, -0.1) is 23.5 Å². The third-order valence-corrected chi connectivity index (χ3v) is 3.52. The summed E-state index contributed by atoms with van der Waals surface area (Å²) in [6.07, 6.45) is 4.14. The molecular weight excluding hydrogens is 202 g/mol. The van der Waals surface area contributed by atoms with Gasteiger partial charge in [-0.2, -0.15) is 0 Å². The minimum Gasteiger partial charge on any atom is -0.300 e. The van der Waals surface area contributed by atoms with Crippen LogP contribution in [0.3, 0.4) is 0 Å². The van der Waals surface area contributed by atoms with Gasteiger partial charge in [0.05, 0.1) is 6.61 Å². The van der Waals surface area contributed by atoms with Crippen molar-refractivity contribution in [2.24, 2.45) is 5.90 Å². The first-order valence-electron chi connectivity index (χ1n) is 3.85. The van der Waals surface area contributed by atoms with Crippen molar-refractivity contribution in [1.29, 1.82) is 0 Å². The molecule has 72 valence electrons. The number of benzene rings is 1. The normalized spacial score (nSPS) is 10.4. The topological polar surface area (TPSA) is 35.2 Å². The van der Waals surface area contributed by atoms with E-state index < -0.39 is 0 Å². The summed E-state index contributed by atoms with van der Waals surface area (Å²) in [4.78, 5) is 7.19. The summed E-state index contributed by atoms with van der Waals surface area (Å²) in [5.41, 5.74) is 1.15. The molecule has 13 heavy (non-hydrogen) atoms. The zero-order valence-electron chi connectivity index (χ0n) is 7.74. The molecule has 0 amide bonds. The summed E-state index contributed by atoms with van der Waals surface area (Å²) in [6, 6.07) is 6.18. The Bertz CT molecular complexity index is 278. The maximum absolute atomic E-state index is 5.06. The maximum atomic E-state index is 5.06. The fourth-order valence-electron chi connectivity index (χ4n) is 1.16. The molecule has 0 radical (unpaired) electrons. The van der Waals surface area contributed by atoms with Gasteiger partial charge in [-0.05, 0) is 24.1 Å². The van der Waals surface area contributed by atoms with Crippen molar-refractivity contribution in [3.63, 3.8) is 0 Å². The molecule has 1 aromatic carbocycles. The molecule has 2 nitrogen and oxygen atoms in total. The molecule has 0 spiro atoms. The van der Waals surface area contributed by atoms with Gasteiger partial charge >= 0.3 is 0 Å². The second kappa shape index (κ2) is 5.54. The van der Waals surface area contributed by atoms with E-state index in [0.717, 1.165) is 5.56 Å². The summed E-state index contributed by atoms with van der Waals surface area (Å²) in [5, 5.41) is 0. The van der Waals surface area contributed by atoms with Crippen LogP contribution in [0.1, 0.15) is 5.56 Å². The minimum atomic E-state index is 0.477. The van der Waals surface area contributed by atoms with Gasteiger partial charge in [0.1, 0.15) is 0 Å². The molecule has 0 aromatic heterocycles. The molecule has 0 saturated carbocycles. The van der Waals surface area contributed by atoms with Crippen molar-refractivity contribution in [3.8, 4) is 0 Å². The smallest absolute Gasteiger partial charge is 0.0941 e. The first-order chi connectivity index (χ1) is 6.33. The average molecular weight is 215 g/mol. The fourth-order valence-corrected chi connectivity index (χ4v) is 2.85. The van der Waals surface area contributed by atoms with E-state index in [1.807, 2.05) is 12.1 Å². The van der Waals surface area contributed by atoms with Gasteiger partial charge in [-0.25, -0.2) is 5.90 Å². The quantitative estimate of drug-likeness (QED) is 0.618. The van der Waals surface area contributed by atoms with Crippen molar-refractivity contribution >= 4 is 23.5 Å². The van der Waals surface area contributed by atoms with Crippen molar-refractivity contribution in [3.05, 3.63) is 23.8 Å². The largest absolute Gasteiger partial charge is 0.300 e. The van der Waals surface area contributed by atoms with Crippen LogP contribution in [0.15, 0.2) is 28.0 Å². The van der Waals surface area contributed by atoms with E-state index in [1.54, 1.807) is 23.5 Å². The van der Waals surface area contributed by atoms with Crippen LogP contribution in [0.25, 0.3) is 0 Å². The molecule has 0 saturated heterocycles. The Morgan fingerprint density at radius 1 is 1.31 bits per heavy atom. The minimum absolute atomic E-state index is 0.477. The van der Waals surface area contributed by atoms with Gasteiger partial charge in [0.2, 0.25) is 0 Å². The highest BCUT2D eigenvalue weighted by Gasteiger charge is 2.05. The highest BCUT2D eigenvalue weighted by Crippen LogP contribution is 2.31. The molecule has 0 heterocycles. The van der Waals surface area contributed by atoms with Crippen LogP contribution in [0.5, 0.6) is 0 Å². The average Bonchev–Trinajstić information content (AvgIpc) is 2.18. The maximum Gasteiger partial charge on any atom is 0.0941 e. The molecular formula is C9H13NOS2. The lowest BCUT2D eigenvalue weighted by molar-refractivity contribution is 0.122. The zero-order valence-corrected chi connectivity index (χ0v) is 9.37. The first-order valence-corrected chi connectivity index (χ1v) is 6.30. The number of nitrogens with two attached hydrogens (primary N) is 1. The number of rotatable bonds is 4. The molecule has 1 aromatic rings. The Morgan fingerprint density at radius 3 is 2.62 bits per heavy atom. The van der Waals surface area contributed by atoms with Crippen LogP contribution in [0.4, 0.5) is 0 Å². The highest BCUT2D eigenvalue weighted by atomic mass is 32.2. The van der Waals surface area contributed by atoms with Gasteiger partial charge in [0.25, 0.3) is 0 Å². The Hall–Kier alpha value is -0.160. The Labute approximate surface area is 87.2 Å². The second-order valence-corrected chi connectivity index (χ2v) is 4.13. The van der Waals surface area contributed by atoms with Crippen LogP contribution >= 0.6 is 23.5 Å². The molecule has 4 heteroatoms. The summed E-state index contributed by atoms with van der Waals surface area (Å²) in [6.45, 7) is 0.477. The lowest BCUT2D eigenvalue weighted by Gasteiger charge is -2.09. The van der Waals surface area contributed by atoms with Crippen LogP contribution in [-0.4, -0.2) is 12.5 Å².